The maximum atomic E-state index is 13.9. The SMILES string of the molecule is C=CCc1cc(C=C2SC(=NC3CCCCC3)N(C3CCCCC3)C2=O)cc(OCC)c1OCc1ccccc1. The summed E-state index contributed by atoms with van der Waals surface area (Å²) in [6, 6.07) is 14.8. The van der Waals surface area contributed by atoms with E-state index in [1.165, 1.54) is 38.5 Å². The number of benzene rings is 2. The zero-order valence-electron chi connectivity index (χ0n) is 23.8. The minimum Gasteiger partial charge on any atom is -0.490 e. The molecule has 2 saturated carbocycles. The summed E-state index contributed by atoms with van der Waals surface area (Å²) in [6.07, 6.45) is 16.3. The van der Waals surface area contributed by atoms with E-state index in [-0.39, 0.29) is 11.9 Å². The molecule has 0 radical (unpaired) electrons. The van der Waals surface area contributed by atoms with E-state index < -0.39 is 0 Å². The van der Waals surface area contributed by atoms with Gasteiger partial charge in [-0.15, -0.1) is 6.58 Å². The molecular formula is C34H42N2O3S. The lowest BCUT2D eigenvalue weighted by Gasteiger charge is -2.31. The fourth-order valence-electron chi connectivity index (χ4n) is 5.99. The third-order valence-electron chi connectivity index (χ3n) is 7.99. The van der Waals surface area contributed by atoms with Crippen LogP contribution in [0, 0.1) is 0 Å². The van der Waals surface area contributed by atoms with Crippen molar-refractivity contribution in [3.8, 4) is 11.5 Å². The number of hydrogen-bond donors (Lipinski definition) is 0. The molecule has 1 heterocycles. The number of carbonyl (C=O) groups is 1. The summed E-state index contributed by atoms with van der Waals surface area (Å²) >= 11 is 1.55. The number of amidine groups is 1. The number of allylic oxidation sites excluding steroid dienone is 1. The molecule has 5 nitrogen and oxygen atoms in total. The topological polar surface area (TPSA) is 51.1 Å². The van der Waals surface area contributed by atoms with Crippen LogP contribution in [0.3, 0.4) is 0 Å². The van der Waals surface area contributed by atoms with E-state index in [2.05, 4.69) is 24.8 Å². The van der Waals surface area contributed by atoms with Crippen LogP contribution in [0.15, 0.2) is 65.0 Å². The smallest absolute Gasteiger partial charge is 0.266 e. The van der Waals surface area contributed by atoms with Crippen molar-refractivity contribution in [2.45, 2.75) is 96.2 Å². The van der Waals surface area contributed by atoms with Crippen molar-refractivity contribution >= 4 is 28.9 Å². The average Bonchev–Trinajstić information content (AvgIpc) is 3.28. The number of aliphatic imine (C=N–C) groups is 1. The van der Waals surface area contributed by atoms with Gasteiger partial charge in [-0.3, -0.25) is 14.7 Å². The molecule has 2 aliphatic carbocycles. The lowest BCUT2D eigenvalue weighted by Crippen LogP contribution is -2.41. The number of ether oxygens (including phenoxy) is 2. The van der Waals surface area contributed by atoms with Gasteiger partial charge >= 0.3 is 0 Å². The van der Waals surface area contributed by atoms with Gasteiger partial charge < -0.3 is 9.47 Å². The molecular weight excluding hydrogens is 516 g/mol. The van der Waals surface area contributed by atoms with E-state index in [1.807, 2.05) is 48.2 Å². The minimum atomic E-state index is 0.0964. The fourth-order valence-corrected chi connectivity index (χ4v) is 7.10. The Morgan fingerprint density at radius 1 is 1.00 bits per heavy atom. The molecule has 3 fully saturated rings. The Morgan fingerprint density at radius 2 is 1.73 bits per heavy atom. The van der Waals surface area contributed by atoms with E-state index >= 15 is 0 Å². The summed E-state index contributed by atoms with van der Waals surface area (Å²) in [5, 5.41) is 0.911. The second-order valence-corrected chi connectivity index (χ2v) is 12.0. The zero-order chi connectivity index (χ0) is 27.7. The van der Waals surface area contributed by atoms with Crippen molar-refractivity contribution in [1.82, 2.24) is 4.90 Å². The van der Waals surface area contributed by atoms with E-state index in [0.29, 0.717) is 31.4 Å². The molecule has 0 unspecified atom stereocenters. The highest BCUT2D eigenvalue weighted by Crippen LogP contribution is 2.40. The van der Waals surface area contributed by atoms with Crippen molar-refractivity contribution in [3.63, 3.8) is 0 Å². The first-order valence-corrected chi connectivity index (χ1v) is 15.9. The average molecular weight is 559 g/mol. The molecule has 3 aliphatic rings. The van der Waals surface area contributed by atoms with E-state index in [0.717, 1.165) is 58.2 Å². The Kier molecular flexibility index (Phi) is 10.0. The van der Waals surface area contributed by atoms with Gasteiger partial charge in [-0.2, -0.15) is 0 Å². The Balaban J connectivity index is 1.46. The molecule has 6 heteroatoms. The lowest BCUT2D eigenvalue weighted by molar-refractivity contribution is -0.124. The van der Waals surface area contributed by atoms with E-state index in [9.17, 15) is 4.79 Å². The molecule has 2 aromatic rings. The van der Waals surface area contributed by atoms with Crippen LogP contribution in [-0.4, -0.2) is 34.7 Å². The summed E-state index contributed by atoms with van der Waals surface area (Å²) < 4.78 is 12.4. The number of amides is 1. The maximum Gasteiger partial charge on any atom is 0.266 e. The predicted octanol–water partition coefficient (Wildman–Crippen LogP) is 8.33. The van der Waals surface area contributed by atoms with Crippen molar-refractivity contribution in [2.75, 3.05) is 6.61 Å². The Labute approximate surface area is 243 Å². The second-order valence-electron chi connectivity index (χ2n) is 11.0. The molecule has 0 N–H and O–H groups in total. The normalized spacial score (nSPS) is 20.8. The lowest BCUT2D eigenvalue weighted by atomic mass is 9.94. The third kappa shape index (κ3) is 7.01. The van der Waals surface area contributed by atoms with Gasteiger partial charge in [-0.25, -0.2) is 0 Å². The Morgan fingerprint density at radius 3 is 2.42 bits per heavy atom. The standard InChI is InChI=1S/C34H42N2O3S/c1-3-14-27-21-26(22-30(38-4-2)32(27)39-24-25-15-8-5-9-16-25)23-31-33(37)36(29-19-12-7-13-20-29)34(40-31)35-28-17-10-6-11-18-28/h3,5,8-9,15-16,21-23,28-29H,1,4,6-7,10-14,17-20,24H2,2H3. The van der Waals surface area contributed by atoms with Gasteiger partial charge in [0.25, 0.3) is 5.91 Å². The molecule has 0 bridgehead atoms. The van der Waals surface area contributed by atoms with Crippen LogP contribution in [0.25, 0.3) is 6.08 Å². The van der Waals surface area contributed by atoms with Crippen LogP contribution in [0.5, 0.6) is 11.5 Å². The first kappa shape index (κ1) is 28.5. The van der Waals surface area contributed by atoms with Crippen LogP contribution >= 0.6 is 11.8 Å². The van der Waals surface area contributed by atoms with Gasteiger partial charge in [0.15, 0.2) is 16.7 Å². The first-order valence-electron chi connectivity index (χ1n) is 15.0. The van der Waals surface area contributed by atoms with Crippen LogP contribution in [-0.2, 0) is 17.8 Å². The maximum absolute atomic E-state index is 13.9. The monoisotopic (exact) mass is 558 g/mol. The Hall–Kier alpha value is -2.99. The zero-order valence-corrected chi connectivity index (χ0v) is 24.6. The number of carbonyl (C=O) groups excluding carboxylic acids is 1. The van der Waals surface area contributed by atoms with Gasteiger partial charge in [0.2, 0.25) is 0 Å². The van der Waals surface area contributed by atoms with E-state index in [1.54, 1.807) is 11.8 Å². The molecule has 0 spiro atoms. The number of nitrogens with zero attached hydrogens (tertiary/aromatic N) is 2. The summed E-state index contributed by atoms with van der Waals surface area (Å²) in [5.41, 5.74) is 3.03. The van der Waals surface area contributed by atoms with Gasteiger partial charge in [0.05, 0.1) is 17.6 Å². The molecule has 0 aromatic heterocycles. The van der Waals surface area contributed by atoms with Crippen LogP contribution in [0.2, 0.25) is 0 Å². The van der Waals surface area contributed by atoms with E-state index in [4.69, 9.17) is 14.5 Å². The second kappa shape index (κ2) is 14.1. The highest BCUT2D eigenvalue weighted by atomic mass is 32.2. The molecule has 212 valence electrons. The summed E-state index contributed by atoms with van der Waals surface area (Å²) in [6.45, 7) is 6.93. The summed E-state index contributed by atoms with van der Waals surface area (Å²) in [7, 11) is 0. The molecule has 0 atom stereocenters. The number of rotatable bonds is 10. The third-order valence-corrected chi connectivity index (χ3v) is 8.98. The molecule has 1 aliphatic heterocycles. The van der Waals surface area contributed by atoms with Crippen molar-refractivity contribution in [2.24, 2.45) is 4.99 Å². The van der Waals surface area contributed by atoms with Crippen LogP contribution in [0.1, 0.15) is 87.8 Å². The fraction of sp³-hybridized carbons (Fsp3) is 0.471. The van der Waals surface area contributed by atoms with Crippen molar-refractivity contribution in [3.05, 3.63) is 76.7 Å². The van der Waals surface area contributed by atoms with Crippen molar-refractivity contribution < 1.29 is 14.3 Å². The van der Waals surface area contributed by atoms with Gasteiger partial charge in [-0.05, 0) is 80.1 Å². The van der Waals surface area contributed by atoms with Gasteiger partial charge in [0.1, 0.15) is 6.61 Å². The summed E-state index contributed by atoms with van der Waals surface area (Å²) in [5.74, 6) is 1.53. The predicted molar refractivity (Wildman–Crippen MR) is 166 cm³/mol. The highest BCUT2D eigenvalue weighted by Gasteiger charge is 2.39. The molecule has 5 rings (SSSR count). The quantitative estimate of drug-likeness (QED) is 0.217. The largest absolute Gasteiger partial charge is 0.490 e. The minimum absolute atomic E-state index is 0.0964. The van der Waals surface area contributed by atoms with Crippen LogP contribution in [0.4, 0.5) is 0 Å². The number of hydrogen-bond acceptors (Lipinski definition) is 5. The van der Waals surface area contributed by atoms with Crippen LogP contribution < -0.4 is 9.47 Å². The molecule has 1 saturated heterocycles. The number of thioether (sulfide) groups is 1. The molecule has 40 heavy (non-hydrogen) atoms. The first-order chi connectivity index (χ1) is 19.7. The Bertz CT molecular complexity index is 1230. The highest BCUT2D eigenvalue weighted by molar-refractivity contribution is 8.18. The van der Waals surface area contributed by atoms with Gasteiger partial charge in [0, 0.05) is 11.6 Å². The molecule has 1 amide bonds. The van der Waals surface area contributed by atoms with Crippen molar-refractivity contribution in [1.29, 1.82) is 0 Å². The van der Waals surface area contributed by atoms with Gasteiger partial charge in [-0.1, -0.05) is 74.9 Å². The molecule has 2 aromatic carbocycles. The summed E-state index contributed by atoms with van der Waals surface area (Å²) in [4.78, 5) is 21.9.